The van der Waals surface area contributed by atoms with Crippen LogP contribution in [0.25, 0.3) is 0 Å². The Kier molecular flexibility index (Phi) is 9.38. The number of benzene rings is 1. The molecule has 0 heterocycles. The van der Waals surface area contributed by atoms with E-state index in [1.165, 1.54) is 51.4 Å². The zero-order valence-electron chi connectivity index (χ0n) is 16.1. The maximum Gasteiger partial charge on any atom is 0.157 e. The number of rotatable bonds is 9. The molecule has 1 aromatic carbocycles. The van der Waals surface area contributed by atoms with Crippen molar-refractivity contribution < 1.29 is 4.74 Å². The second-order valence-electron chi connectivity index (χ2n) is 7.77. The van der Waals surface area contributed by atoms with Crippen molar-refractivity contribution in [3.63, 3.8) is 0 Å². The summed E-state index contributed by atoms with van der Waals surface area (Å²) in [5.41, 5.74) is 7.91. The highest BCUT2D eigenvalue weighted by atomic mass is 16.5. The third-order valence-electron chi connectivity index (χ3n) is 4.20. The van der Waals surface area contributed by atoms with Gasteiger partial charge in [0.15, 0.2) is 5.75 Å². The zero-order valence-corrected chi connectivity index (χ0v) is 16.1. The van der Waals surface area contributed by atoms with Gasteiger partial charge in [0.25, 0.3) is 0 Å². The Labute approximate surface area is 149 Å². The van der Waals surface area contributed by atoms with Gasteiger partial charge in [0.05, 0.1) is 18.4 Å². The maximum atomic E-state index is 5.88. The van der Waals surface area contributed by atoms with Crippen molar-refractivity contribution in [3.8, 4) is 17.6 Å². The molecule has 0 saturated carbocycles. The Balaban J connectivity index is 2.10. The molecule has 0 radical (unpaired) electrons. The zero-order chi connectivity index (χ0) is 17.8. The van der Waals surface area contributed by atoms with Crippen molar-refractivity contribution in [2.75, 3.05) is 12.8 Å². The van der Waals surface area contributed by atoms with Crippen LogP contribution in [0, 0.1) is 17.3 Å². The number of ether oxygens (including phenoxy) is 1. The van der Waals surface area contributed by atoms with E-state index in [0.717, 1.165) is 12.0 Å². The fourth-order valence-electron chi connectivity index (χ4n) is 2.79. The summed E-state index contributed by atoms with van der Waals surface area (Å²) in [6.45, 7) is 6.98. The topological polar surface area (TPSA) is 35.2 Å². The molecule has 2 N–H and O–H groups in total. The van der Waals surface area contributed by atoms with Gasteiger partial charge >= 0.3 is 0 Å². The summed E-state index contributed by atoms with van der Waals surface area (Å²) in [7, 11) is 1.64. The summed E-state index contributed by atoms with van der Waals surface area (Å²) < 4.78 is 5.31. The van der Waals surface area contributed by atoms with Gasteiger partial charge in [-0.3, -0.25) is 0 Å². The van der Waals surface area contributed by atoms with Crippen LogP contribution in [-0.2, 0) is 0 Å². The first kappa shape index (κ1) is 20.4. The van der Waals surface area contributed by atoms with Gasteiger partial charge in [-0.15, -0.1) is 0 Å². The molecule has 0 bridgehead atoms. The van der Waals surface area contributed by atoms with E-state index >= 15 is 0 Å². The standard InChI is InChI=1S/C22H35NO/c1-22(2,3)18-13-11-9-7-5-6-8-10-12-15-19-16-14-17-20(23)21(19)24-4/h14,16-17H,5-11,13,18,23H2,1-4H3. The third kappa shape index (κ3) is 8.87. The molecule has 134 valence electrons. The molecule has 2 nitrogen and oxygen atoms in total. The fraction of sp³-hybridized carbons (Fsp3) is 0.636. The van der Waals surface area contributed by atoms with Crippen LogP contribution < -0.4 is 10.5 Å². The van der Waals surface area contributed by atoms with Crippen LogP contribution in [0.4, 0.5) is 5.69 Å². The maximum absolute atomic E-state index is 5.88. The Morgan fingerprint density at radius 3 is 2.21 bits per heavy atom. The van der Waals surface area contributed by atoms with Gasteiger partial charge in [-0.1, -0.05) is 77.2 Å². The Hall–Kier alpha value is -1.62. The van der Waals surface area contributed by atoms with Crippen molar-refractivity contribution in [3.05, 3.63) is 23.8 Å². The van der Waals surface area contributed by atoms with Gasteiger partial charge in [-0.25, -0.2) is 0 Å². The summed E-state index contributed by atoms with van der Waals surface area (Å²) in [6.07, 6.45) is 11.6. The molecule has 1 rings (SSSR count). The summed E-state index contributed by atoms with van der Waals surface area (Å²) in [5, 5.41) is 0. The number of nitrogens with two attached hydrogens (primary N) is 1. The summed E-state index contributed by atoms with van der Waals surface area (Å²) in [5.74, 6) is 7.12. The number of hydrogen-bond acceptors (Lipinski definition) is 2. The number of anilines is 1. The number of hydrogen-bond donors (Lipinski definition) is 1. The lowest BCUT2D eigenvalue weighted by molar-refractivity contribution is 0.356. The molecular formula is C22H35NO. The monoisotopic (exact) mass is 329 g/mol. The Morgan fingerprint density at radius 2 is 1.58 bits per heavy atom. The van der Waals surface area contributed by atoms with Crippen LogP contribution in [0.5, 0.6) is 5.75 Å². The van der Waals surface area contributed by atoms with Gasteiger partial charge in [-0.05, 0) is 30.4 Å². The SMILES string of the molecule is COc1c(N)cccc1C#CCCCCCCCCCC(C)(C)C. The first-order chi connectivity index (χ1) is 11.4. The van der Waals surface area contributed by atoms with Gasteiger partial charge < -0.3 is 10.5 Å². The van der Waals surface area contributed by atoms with E-state index in [4.69, 9.17) is 10.5 Å². The molecule has 0 atom stereocenters. The summed E-state index contributed by atoms with van der Waals surface area (Å²) in [4.78, 5) is 0. The second-order valence-corrected chi connectivity index (χ2v) is 7.77. The molecule has 0 aromatic heterocycles. The van der Waals surface area contributed by atoms with E-state index in [1.807, 2.05) is 18.2 Å². The first-order valence-corrected chi connectivity index (χ1v) is 9.35. The lowest BCUT2D eigenvalue weighted by Gasteiger charge is -2.17. The normalized spacial score (nSPS) is 11.0. The lowest BCUT2D eigenvalue weighted by atomic mass is 9.89. The highest BCUT2D eigenvalue weighted by Gasteiger charge is 2.08. The molecule has 24 heavy (non-hydrogen) atoms. The van der Waals surface area contributed by atoms with Crippen molar-refractivity contribution >= 4 is 5.69 Å². The molecule has 0 fully saturated rings. The van der Waals surface area contributed by atoms with E-state index in [1.54, 1.807) is 7.11 Å². The van der Waals surface area contributed by atoms with Crippen LogP contribution in [0.3, 0.4) is 0 Å². The van der Waals surface area contributed by atoms with Crippen LogP contribution in [-0.4, -0.2) is 7.11 Å². The van der Waals surface area contributed by atoms with Crippen molar-refractivity contribution in [1.29, 1.82) is 0 Å². The number of nitrogen functional groups attached to an aromatic ring is 1. The average Bonchev–Trinajstić information content (AvgIpc) is 2.51. The number of methoxy groups -OCH3 is 1. The van der Waals surface area contributed by atoms with Crippen LogP contribution in [0.15, 0.2) is 18.2 Å². The van der Waals surface area contributed by atoms with Gasteiger partial charge in [-0.2, -0.15) is 0 Å². The highest BCUT2D eigenvalue weighted by molar-refractivity contribution is 5.61. The van der Waals surface area contributed by atoms with Gasteiger partial charge in [0.1, 0.15) is 0 Å². The van der Waals surface area contributed by atoms with Crippen LogP contribution in [0.1, 0.15) is 84.1 Å². The summed E-state index contributed by atoms with van der Waals surface area (Å²) in [6, 6.07) is 5.72. The molecular weight excluding hydrogens is 294 g/mol. The van der Waals surface area contributed by atoms with E-state index in [2.05, 4.69) is 32.6 Å². The predicted octanol–water partition coefficient (Wildman–Crippen LogP) is 6.19. The Bertz CT molecular complexity index is 531. The smallest absolute Gasteiger partial charge is 0.157 e. The van der Waals surface area contributed by atoms with Crippen LogP contribution >= 0.6 is 0 Å². The minimum atomic E-state index is 0.491. The molecule has 1 aromatic rings. The summed E-state index contributed by atoms with van der Waals surface area (Å²) >= 11 is 0. The fourth-order valence-corrected chi connectivity index (χ4v) is 2.79. The van der Waals surface area contributed by atoms with E-state index < -0.39 is 0 Å². The van der Waals surface area contributed by atoms with Crippen molar-refractivity contribution in [1.82, 2.24) is 0 Å². The van der Waals surface area contributed by atoms with Gasteiger partial charge in [0, 0.05) is 6.42 Å². The minimum absolute atomic E-state index is 0.491. The second kappa shape index (κ2) is 11.0. The largest absolute Gasteiger partial charge is 0.493 e. The third-order valence-corrected chi connectivity index (χ3v) is 4.20. The van der Waals surface area contributed by atoms with E-state index in [-0.39, 0.29) is 0 Å². The number of para-hydroxylation sites is 1. The van der Waals surface area contributed by atoms with Crippen molar-refractivity contribution in [2.24, 2.45) is 5.41 Å². The molecule has 0 aliphatic carbocycles. The average molecular weight is 330 g/mol. The van der Waals surface area contributed by atoms with E-state index in [0.29, 0.717) is 16.9 Å². The highest BCUT2D eigenvalue weighted by Crippen LogP contribution is 2.25. The predicted molar refractivity (Wildman–Crippen MR) is 105 cm³/mol. The van der Waals surface area contributed by atoms with Gasteiger partial charge in [0.2, 0.25) is 0 Å². The lowest BCUT2D eigenvalue weighted by Crippen LogP contribution is -2.03. The Morgan fingerprint density at radius 1 is 0.958 bits per heavy atom. The number of unbranched alkanes of at least 4 members (excludes halogenated alkanes) is 7. The minimum Gasteiger partial charge on any atom is -0.493 e. The molecule has 0 aliphatic rings. The molecule has 0 unspecified atom stereocenters. The van der Waals surface area contributed by atoms with E-state index in [9.17, 15) is 0 Å². The molecule has 0 aliphatic heterocycles. The molecule has 0 amide bonds. The molecule has 0 saturated heterocycles. The molecule has 2 heteroatoms. The quantitative estimate of drug-likeness (QED) is 0.333. The van der Waals surface area contributed by atoms with Crippen molar-refractivity contribution in [2.45, 2.75) is 78.6 Å². The van der Waals surface area contributed by atoms with Crippen LogP contribution in [0.2, 0.25) is 0 Å². The first-order valence-electron chi connectivity index (χ1n) is 9.35. The molecule has 0 spiro atoms.